The molecule has 3 heterocycles. The molecule has 0 radical (unpaired) electrons. The molecule has 6 heteroatoms. The second-order valence-corrected chi connectivity index (χ2v) is 8.53. The number of rotatable bonds is 4. The van der Waals surface area contributed by atoms with E-state index in [4.69, 9.17) is 11.6 Å². The fourth-order valence-electron chi connectivity index (χ4n) is 4.19. The predicted molar refractivity (Wildman–Crippen MR) is 116 cm³/mol. The van der Waals surface area contributed by atoms with Crippen molar-refractivity contribution in [3.05, 3.63) is 53.1 Å². The first-order valence-electron chi connectivity index (χ1n) is 9.63. The van der Waals surface area contributed by atoms with Crippen LogP contribution in [0.25, 0.3) is 10.9 Å². The van der Waals surface area contributed by atoms with Gasteiger partial charge in [-0.15, -0.1) is 0 Å². The van der Waals surface area contributed by atoms with E-state index in [9.17, 15) is 0 Å². The molecule has 2 aliphatic heterocycles. The molecule has 0 amide bonds. The molecule has 0 spiro atoms. The SMILES string of the molecule is Clc1ccc2c(c1)N(CCN1CCN(c3snc4ccccc34)CC1)CC2. The molecule has 3 aromatic rings. The number of piperazine rings is 1. The Morgan fingerprint density at radius 3 is 2.70 bits per heavy atom. The van der Waals surface area contributed by atoms with E-state index in [-0.39, 0.29) is 0 Å². The van der Waals surface area contributed by atoms with Gasteiger partial charge in [-0.25, -0.2) is 0 Å². The molecule has 0 atom stereocenters. The average molecular weight is 399 g/mol. The van der Waals surface area contributed by atoms with Gasteiger partial charge in [0.25, 0.3) is 0 Å². The van der Waals surface area contributed by atoms with Crippen molar-refractivity contribution in [1.82, 2.24) is 9.27 Å². The summed E-state index contributed by atoms with van der Waals surface area (Å²) in [6.07, 6.45) is 1.14. The Labute approximate surface area is 169 Å². The molecule has 4 nitrogen and oxygen atoms in total. The van der Waals surface area contributed by atoms with Crippen LogP contribution in [0.15, 0.2) is 42.5 Å². The molecule has 0 bridgehead atoms. The molecule has 2 aliphatic rings. The zero-order chi connectivity index (χ0) is 18.2. The highest BCUT2D eigenvalue weighted by Crippen LogP contribution is 2.32. The third kappa shape index (κ3) is 3.40. The topological polar surface area (TPSA) is 22.6 Å². The molecule has 1 aromatic heterocycles. The van der Waals surface area contributed by atoms with Crippen LogP contribution in [-0.4, -0.2) is 55.1 Å². The first kappa shape index (κ1) is 17.3. The summed E-state index contributed by atoms with van der Waals surface area (Å²) in [6.45, 7) is 7.69. The van der Waals surface area contributed by atoms with E-state index in [0.717, 1.165) is 62.8 Å². The zero-order valence-corrected chi connectivity index (χ0v) is 16.8. The number of hydrogen-bond acceptors (Lipinski definition) is 5. The van der Waals surface area contributed by atoms with Gasteiger partial charge in [-0.2, -0.15) is 4.37 Å². The van der Waals surface area contributed by atoms with Crippen molar-refractivity contribution in [1.29, 1.82) is 0 Å². The Balaban J connectivity index is 1.18. The number of fused-ring (bicyclic) bond motifs is 2. The number of anilines is 2. The van der Waals surface area contributed by atoms with Crippen LogP contribution >= 0.6 is 23.1 Å². The van der Waals surface area contributed by atoms with Crippen molar-refractivity contribution in [3.8, 4) is 0 Å². The van der Waals surface area contributed by atoms with Crippen LogP contribution in [0.5, 0.6) is 0 Å². The molecule has 5 rings (SSSR count). The first-order chi connectivity index (χ1) is 13.3. The summed E-state index contributed by atoms with van der Waals surface area (Å²) < 4.78 is 4.60. The lowest BCUT2D eigenvalue weighted by molar-refractivity contribution is 0.263. The van der Waals surface area contributed by atoms with Crippen LogP contribution in [0.3, 0.4) is 0 Å². The van der Waals surface area contributed by atoms with E-state index in [1.165, 1.54) is 21.6 Å². The number of benzene rings is 2. The Bertz CT molecular complexity index is 948. The fourth-order valence-corrected chi connectivity index (χ4v) is 5.27. The van der Waals surface area contributed by atoms with Crippen molar-refractivity contribution in [2.75, 3.05) is 55.6 Å². The van der Waals surface area contributed by atoms with Crippen LogP contribution in [-0.2, 0) is 6.42 Å². The van der Waals surface area contributed by atoms with Gasteiger partial charge in [-0.3, -0.25) is 4.90 Å². The Morgan fingerprint density at radius 2 is 1.81 bits per heavy atom. The highest BCUT2D eigenvalue weighted by Gasteiger charge is 2.23. The average Bonchev–Trinajstić information content (AvgIpc) is 3.31. The summed E-state index contributed by atoms with van der Waals surface area (Å²) in [5.41, 5.74) is 3.88. The highest BCUT2D eigenvalue weighted by molar-refractivity contribution is 7.11. The molecule has 0 saturated carbocycles. The molecular formula is C21H23ClN4S. The summed E-state index contributed by atoms with van der Waals surface area (Å²) in [7, 11) is 0. The van der Waals surface area contributed by atoms with E-state index in [0.29, 0.717) is 0 Å². The van der Waals surface area contributed by atoms with Crippen molar-refractivity contribution in [3.63, 3.8) is 0 Å². The highest BCUT2D eigenvalue weighted by atomic mass is 35.5. The van der Waals surface area contributed by atoms with Gasteiger partial charge >= 0.3 is 0 Å². The smallest absolute Gasteiger partial charge is 0.120 e. The fraction of sp³-hybridized carbons (Fsp3) is 0.381. The van der Waals surface area contributed by atoms with Crippen LogP contribution in [0, 0.1) is 0 Å². The number of halogens is 1. The van der Waals surface area contributed by atoms with Gasteiger partial charge in [0.1, 0.15) is 5.00 Å². The third-order valence-corrected chi connectivity index (χ3v) is 6.92. The van der Waals surface area contributed by atoms with E-state index in [1.807, 2.05) is 6.07 Å². The Morgan fingerprint density at radius 1 is 0.963 bits per heavy atom. The minimum Gasteiger partial charge on any atom is -0.370 e. The van der Waals surface area contributed by atoms with E-state index >= 15 is 0 Å². The summed E-state index contributed by atoms with van der Waals surface area (Å²) in [6, 6.07) is 14.8. The molecule has 27 heavy (non-hydrogen) atoms. The number of aromatic nitrogens is 1. The summed E-state index contributed by atoms with van der Waals surface area (Å²) >= 11 is 7.83. The molecule has 0 aliphatic carbocycles. The quantitative estimate of drug-likeness (QED) is 0.658. The monoisotopic (exact) mass is 398 g/mol. The van der Waals surface area contributed by atoms with Crippen molar-refractivity contribution >= 4 is 44.7 Å². The van der Waals surface area contributed by atoms with Crippen LogP contribution in [0.1, 0.15) is 5.56 Å². The van der Waals surface area contributed by atoms with Crippen LogP contribution in [0.4, 0.5) is 10.7 Å². The van der Waals surface area contributed by atoms with Crippen LogP contribution in [0.2, 0.25) is 5.02 Å². The second kappa shape index (κ2) is 7.30. The summed E-state index contributed by atoms with van der Waals surface area (Å²) in [4.78, 5) is 7.58. The van der Waals surface area contributed by atoms with Crippen molar-refractivity contribution < 1.29 is 0 Å². The molecule has 0 N–H and O–H groups in total. The minimum atomic E-state index is 0.839. The predicted octanol–water partition coefficient (Wildman–Crippen LogP) is 4.13. The molecule has 1 saturated heterocycles. The molecular weight excluding hydrogens is 376 g/mol. The maximum absolute atomic E-state index is 6.20. The van der Waals surface area contributed by atoms with E-state index in [2.05, 4.69) is 55.5 Å². The van der Waals surface area contributed by atoms with Crippen molar-refractivity contribution in [2.45, 2.75) is 6.42 Å². The van der Waals surface area contributed by atoms with E-state index in [1.54, 1.807) is 11.5 Å². The van der Waals surface area contributed by atoms with Crippen molar-refractivity contribution in [2.24, 2.45) is 0 Å². The van der Waals surface area contributed by atoms with E-state index < -0.39 is 0 Å². The van der Waals surface area contributed by atoms with Crippen LogP contribution < -0.4 is 9.80 Å². The second-order valence-electron chi connectivity index (χ2n) is 7.34. The van der Waals surface area contributed by atoms with Gasteiger partial charge in [0.15, 0.2) is 0 Å². The number of hydrogen-bond donors (Lipinski definition) is 0. The van der Waals surface area contributed by atoms with Gasteiger partial charge < -0.3 is 9.80 Å². The summed E-state index contributed by atoms with van der Waals surface area (Å²) in [5.74, 6) is 0. The first-order valence-corrected chi connectivity index (χ1v) is 10.8. The Hall–Kier alpha value is -1.82. The lowest BCUT2D eigenvalue weighted by Crippen LogP contribution is -2.48. The van der Waals surface area contributed by atoms with Gasteiger partial charge in [0, 0.05) is 61.9 Å². The molecule has 1 fully saturated rings. The number of nitrogens with zero attached hydrogens (tertiary/aromatic N) is 4. The lowest BCUT2D eigenvalue weighted by Gasteiger charge is -2.36. The zero-order valence-electron chi connectivity index (χ0n) is 15.3. The summed E-state index contributed by atoms with van der Waals surface area (Å²) in [5, 5.41) is 3.46. The normalized spacial score (nSPS) is 17.7. The largest absolute Gasteiger partial charge is 0.370 e. The van der Waals surface area contributed by atoms with Gasteiger partial charge in [0.2, 0.25) is 0 Å². The van der Waals surface area contributed by atoms with Gasteiger partial charge in [0.05, 0.1) is 5.52 Å². The third-order valence-electron chi connectivity index (χ3n) is 5.75. The minimum absolute atomic E-state index is 0.839. The standard InChI is InChI=1S/C21H23ClN4S/c22-17-6-5-16-7-8-25(20(16)15-17)12-9-24-10-13-26(14-11-24)21-18-3-1-2-4-19(18)23-27-21/h1-6,15H,7-14H2. The molecule has 2 aromatic carbocycles. The maximum atomic E-state index is 6.20. The lowest BCUT2D eigenvalue weighted by atomic mass is 10.2. The maximum Gasteiger partial charge on any atom is 0.120 e. The Kier molecular flexibility index (Phi) is 4.68. The molecule has 0 unspecified atom stereocenters. The molecule has 140 valence electrons. The van der Waals surface area contributed by atoms with Gasteiger partial charge in [-0.1, -0.05) is 29.8 Å². The van der Waals surface area contributed by atoms with Gasteiger partial charge in [-0.05, 0) is 47.8 Å².